The van der Waals surface area contributed by atoms with Crippen LogP contribution in [0.2, 0.25) is 0 Å². The Kier molecular flexibility index (Phi) is 6.66. The Hall–Kier alpha value is -3.01. The molecule has 30 heavy (non-hydrogen) atoms. The van der Waals surface area contributed by atoms with Crippen molar-refractivity contribution in [3.63, 3.8) is 0 Å². The number of hydrogen-bond acceptors (Lipinski definition) is 5. The summed E-state index contributed by atoms with van der Waals surface area (Å²) in [4.78, 5) is 12.3. The van der Waals surface area contributed by atoms with Gasteiger partial charge in [-0.3, -0.25) is 9.36 Å². The first-order valence-electron chi connectivity index (χ1n) is 9.00. The zero-order valence-electron chi connectivity index (χ0n) is 16.2. The van der Waals surface area contributed by atoms with Crippen LogP contribution in [0.1, 0.15) is 25.3 Å². The second-order valence-corrected chi connectivity index (χ2v) is 7.55. The number of benzene rings is 2. The number of carbonyl (C=O) groups excluding carboxylic acids is 1. The van der Waals surface area contributed by atoms with E-state index in [-0.39, 0.29) is 11.4 Å². The molecule has 1 N–H and O–H groups in total. The van der Waals surface area contributed by atoms with Gasteiger partial charge in [-0.2, -0.15) is 0 Å². The highest BCUT2D eigenvalue weighted by Crippen LogP contribution is 2.30. The Morgan fingerprint density at radius 3 is 2.53 bits per heavy atom. The number of ether oxygens (including phenoxy) is 1. The summed E-state index contributed by atoms with van der Waals surface area (Å²) >= 11 is 1.12. The summed E-state index contributed by atoms with van der Waals surface area (Å²) in [6.45, 7) is 4.21. The number of nitrogens with one attached hydrogen (secondary N) is 1. The van der Waals surface area contributed by atoms with Crippen molar-refractivity contribution in [1.82, 2.24) is 14.8 Å². The quantitative estimate of drug-likeness (QED) is 0.527. The predicted molar refractivity (Wildman–Crippen MR) is 108 cm³/mol. The summed E-state index contributed by atoms with van der Waals surface area (Å²) in [5.41, 5.74) is 1.97. The number of para-hydroxylation sites is 2. The predicted octanol–water partition coefficient (Wildman–Crippen LogP) is 5.02. The molecule has 0 atom stereocenters. The molecule has 0 fully saturated rings. The van der Waals surface area contributed by atoms with Crippen LogP contribution >= 0.6 is 11.8 Å². The molecule has 0 unspecified atom stereocenters. The number of alkyl halides is 3. The Morgan fingerprint density at radius 1 is 1.17 bits per heavy atom. The third-order valence-electron chi connectivity index (χ3n) is 4.07. The van der Waals surface area contributed by atoms with Crippen molar-refractivity contribution >= 4 is 23.4 Å². The van der Waals surface area contributed by atoms with Crippen LogP contribution in [0.3, 0.4) is 0 Å². The van der Waals surface area contributed by atoms with E-state index in [2.05, 4.69) is 34.1 Å². The normalized spacial score (nSPS) is 11.5. The lowest BCUT2D eigenvalue weighted by molar-refractivity contribution is -0.274. The highest BCUT2D eigenvalue weighted by Gasteiger charge is 2.32. The Balaban J connectivity index is 1.65. The molecule has 1 amide bonds. The van der Waals surface area contributed by atoms with Crippen LogP contribution in [0.5, 0.6) is 5.75 Å². The lowest BCUT2D eigenvalue weighted by atomic mass is 10.0. The minimum Gasteiger partial charge on any atom is -0.404 e. The van der Waals surface area contributed by atoms with Crippen molar-refractivity contribution in [1.29, 1.82) is 0 Å². The maximum Gasteiger partial charge on any atom is 0.573 e. The van der Waals surface area contributed by atoms with Gasteiger partial charge in [-0.25, -0.2) is 0 Å². The second kappa shape index (κ2) is 9.21. The topological polar surface area (TPSA) is 69.0 Å². The van der Waals surface area contributed by atoms with Crippen molar-refractivity contribution in [2.75, 3.05) is 11.1 Å². The van der Waals surface area contributed by atoms with Gasteiger partial charge >= 0.3 is 6.36 Å². The number of hydrogen-bond donors (Lipinski definition) is 1. The van der Waals surface area contributed by atoms with Crippen LogP contribution in [0.4, 0.5) is 18.9 Å². The third kappa shape index (κ3) is 5.76. The standard InChI is InChI=1S/C20H19F3N4O2S/c1-13(2)14-7-9-15(10-8-14)27-12-24-26-19(27)30-11-18(28)25-16-5-3-4-6-17(16)29-20(21,22)23/h3-10,12-13H,11H2,1-2H3,(H,25,28). The summed E-state index contributed by atoms with van der Waals surface area (Å²) in [5.74, 6) is -0.634. The van der Waals surface area contributed by atoms with Gasteiger partial charge in [-0.05, 0) is 35.7 Å². The van der Waals surface area contributed by atoms with E-state index < -0.39 is 18.0 Å². The molecule has 3 rings (SSSR count). The van der Waals surface area contributed by atoms with Gasteiger partial charge in [0.05, 0.1) is 11.4 Å². The van der Waals surface area contributed by atoms with Crippen LogP contribution in [0.15, 0.2) is 60.0 Å². The molecule has 1 heterocycles. The Morgan fingerprint density at radius 2 is 1.87 bits per heavy atom. The van der Waals surface area contributed by atoms with Gasteiger partial charge < -0.3 is 10.1 Å². The first-order valence-corrected chi connectivity index (χ1v) is 9.99. The van der Waals surface area contributed by atoms with Gasteiger partial charge in [0.2, 0.25) is 5.91 Å². The zero-order valence-corrected chi connectivity index (χ0v) is 17.0. The molecular weight excluding hydrogens is 417 g/mol. The fourth-order valence-corrected chi connectivity index (χ4v) is 3.35. The van der Waals surface area contributed by atoms with E-state index in [4.69, 9.17) is 0 Å². The Labute approximate surface area is 175 Å². The van der Waals surface area contributed by atoms with E-state index in [0.717, 1.165) is 23.5 Å². The molecule has 0 saturated carbocycles. The molecular formula is C20H19F3N4O2S. The highest BCUT2D eigenvalue weighted by molar-refractivity contribution is 7.99. The van der Waals surface area contributed by atoms with Crippen molar-refractivity contribution in [2.24, 2.45) is 0 Å². The van der Waals surface area contributed by atoms with Gasteiger partial charge in [0.15, 0.2) is 10.9 Å². The fraction of sp³-hybridized carbons (Fsp3) is 0.250. The zero-order chi connectivity index (χ0) is 21.7. The SMILES string of the molecule is CC(C)c1ccc(-n2cnnc2SCC(=O)Nc2ccccc2OC(F)(F)F)cc1. The number of amides is 1. The van der Waals surface area contributed by atoms with Crippen LogP contribution < -0.4 is 10.1 Å². The van der Waals surface area contributed by atoms with Crippen LogP contribution in [-0.4, -0.2) is 32.8 Å². The molecule has 10 heteroatoms. The molecule has 0 aliphatic carbocycles. The van der Waals surface area contributed by atoms with Crippen molar-refractivity contribution < 1.29 is 22.7 Å². The van der Waals surface area contributed by atoms with Crippen LogP contribution in [-0.2, 0) is 4.79 Å². The maximum atomic E-state index is 12.5. The van der Waals surface area contributed by atoms with Crippen molar-refractivity contribution in [2.45, 2.75) is 31.3 Å². The van der Waals surface area contributed by atoms with Gasteiger partial charge in [0.25, 0.3) is 0 Å². The molecule has 158 valence electrons. The average molecular weight is 436 g/mol. The molecule has 6 nitrogen and oxygen atoms in total. The summed E-state index contributed by atoms with van der Waals surface area (Å²) in [6, 6.07) is 13.3. The van der Waals surface area contributed by atoms with E-state index in [1.165, 1.54) is 30.1 Å². The summed E-state index contributed by atoms with van der Waals surface area (Å²) in [5, 5.41) is 10.8. The average Bonchev–Trinajstić information content (AvgIpc) is 3.15. The fourth-order valence-electron chi connectivity index (χ4n) is 2.62. The van der Waals surface area contributed by atoms with Crippen LogP contribution in [0.25, 0.3) is 5.69 Å². The van der Waals surface area contributed by atoms with E-state index >= 15 is 0 Å². The number of thioether (sulfide) groups is 1. The molecule has 0 aliphatic heterocycles. The molecule has 0 aliphatic rings. The molecule has 0 spiro atoms. The number of nitrogens with zero attached hydrogens (tertiary/aromatic N) is 3. The molecule has 0 bridgehead atoms. The van der Waals surface area contributed by atoms with Gasteiger partial charge in [-0.15, -0.1) is 23.4 Å². The first-order chi connectivity index (χ1) is 14.2. The smallest absolute Gasteiger partial charge is 0.404 e. The van der Waals surface area contributed by atoms with Gasteiger partial charge in [0, 0.05) is 5.69 Å². The minimum absolute atomic E-state index is 0.0637. The summed E-state index contributed by atoms with van der Waals surface area (Å²) < 4.78 is 43.2. The second-order valence-electron chi connectivity index (χ2n) is 6.61. The number of halogens is 3. The highest BCUT2D eigenvalue weighted by atomic mass is 32.2. The molecule has 1 aromatic heterocycles. The number of anilines is 1. The first kappa shape index (κ1) is 21.7. The third-order valence-corrected chi connectivity index (χ3v) is 5.02. The van der Waals surface area contributed by atoms with E-state index in [0.29, 0.717) is 11.1 Å². The summed E-state index contributed by atoms with van der Waals surface area (Å²) in [6.07, 6.45) is -3.31. The van der Waals surface area contributed by atoms with Gasteiger partial charge in [0.1, 0.15) is 6.33 Å². The molecule has 0 saturated heterocycles. The van der Waals surface area contributed by atoms with E-state index in [1.54, 1.807) is 4.57 Å². The Bertz CT molecular complexity index is 1000. The molecule has 0 radical (unpaired) electrons. The van der Waals surface area contributed by atoms with E-state index in [1.807, 2.05) is 24.3 Å². The monoisotopic (exact) mass is 436 g/mol. The number of aromatic nitrogens is 3. The van der Waals surface area contributed by atoms with Crippen LogP contribution in [0, 0.1) is 0 Å². The number of carbonyl (C=O) groups is 1. The van der Waals surface area contributed by atoms with Crippen molar-refractivity contribution in [3.05, 3.63) is 60.4 Å². The maximum absolute atomic E-state index is 12.5. The summed E-state index contributed by atoms with van der Waals surface area (Å²) in [7, 11) is 0. The van der Waals surface area contributed by atoms with E-state index in [9.17, 15) is 18.0 Å². The molecule has 2 aromatic carbocycles. The minimum atomic E-state index is -4.85. The largest absolute Gasteiger partial charge is 0.573 e. The lowest BCUT2D eigenvalue weighted by Crippen LogP contribution is -2.20. The lowest BCUT2D eigenvalue weighted by Gasteiger charge is -2.13. The molecule has 3 aromatic rings. The van der Waals surface area contributed by atoms with Gasteiger partial charge in [-0.1, -0.05) is 49.9 Å². The van der Waals surface area contributed by atoms with Crippen molar-refractivity contribution in [3.8, 4) is 11.4 Å². The number of rotatable bonds is 7.